The highest BCUT2D eigenvalue weighted by atomic mass is 32.2. The third-order valence-corrected chi connectivity index (χ3v) is 12.7. The summed E-state index contributed by atoms with van der Waals surface area (Å²) in [7, 11) is -7.47. The van der Waals surface area contributed by atoms with Crippen LogP contribution in [0.4, 0.5) is 5.69 Å². The highest BCUT2D eigenvalue weighted by Gasteiger charge is 2.33. The smallest absolute Gasteiger partial charge is 0.310 e. The van der Waals surface area contributed by atoms with Gasteiger partial charge in [0.05, 0.1) is 10.5 Å². The first-order valence-corrected chi connectivity index (χ1v) is 19.9. The fourth-order valence-electron chi connectivity index (χ4n) is 5.84. The van der Waals surface area contributed by atoms with E-state index >= 15 is 0 Å². The summed E-state index contributed by atoms with van der Waals surface area (Å²) in [6.45, 7) is 16.1. The van der Waals surface area contributed by atoms with E-state index in [1.807, 2.05) is 31.2 Å². The molecule has 262 valence electrons. The molecule has 0 aromatic heterocycles. The molecule has 0 aliphatic rings. The van der Waals surface area contributed by atoms with Crippen LogP contribution in [0.25, 0.3) is 0 Å². The average molecular weight is 696 g/mol. The Bertz CT molecular complexity index is 1750. The molecule has 7 nitrogen and oxygen atoms in total. The summed E-state index contributed by atoms with van der Waals surface area (Å²) in [4.78, 5) is 1.74. The summed E-state index contributed by atoms with van der Waals surface area (Å²) < 4.78 is 63.6. The first kappa shape index (κ1) is 39.0. The molecule has 0 aliphatic heterocycles. The van der Waals surface area contributed by atoms with Crippen LogP contribution in [0.1, 0.15) is 97.8 Å². The van der Waals surface area contributed by atoms with Crippen LogP contribution >= 0.6 is 0 Å². The molecule has 9 heteroatoms. The lowest BCUT2D eigenvalue weighted by Crippen LogP contribution is -2.40. The van der Waals surface area contributed by atoms with Crippen molar-refractivity contribution in [3.8, 4) is 23.8 Å². The average Bonchev–Trinajstić information content (AvgIpc) is 3.01. The molecule has 0 N–H and O–H groups in total. The van der Waals surface area contributed by atoms with Crippen LogP contribution in [0.2, 0.25) is 0 Å². The van der Waals surface area contributed by atoms with Gasteiger partial charge in [-0.25, -0.2) is 8.42 Å². The fraction of sp³-hybridized carbons (Fsp3) is 0.487. The SMILES string of the molecule is C#Cc1cccc(N(CCS(=O)(=O)Oc2ccc(C(C)(C)c3ccc(OC(C)(C)CCC)cc3)cc2)CCS(=O)(=O)C(C)(C)CCC)c1. The van der Waals surface area contributed by atoms with Crippen LogP contribution in [0.3, 0.4) is 0 Å². The molecule has 0 saturated heterocycles. The van der Waals surface area contributed by atoms with Gasteiger partial charge in [0.15, 0.2) is 9.84 Å². The van der Waals surface area contributed by atoms with Gasteiger partial charge in [-0.2, -0.15) is 8.42 Å². The summed E-state index contributed by atoms with van der Waals surface area (Å²) in [5.41, 5.74) is 2.78. The van der Waals surface area contributed by atoms with E-state index in [-0.39, 0.29) is 41.4 Å². The van der Waals surface area contributed by atoms with Crippen LogP contribution in [-0.4, -0.2) is 51.8 Å². The van der Waals surface area contributed by atoms with E-state index in [1.54, 1.807) is 55.1 Å². The lowest BCUT2D eigenvalue weighted by Gasteiger charge is -2.29. The number of anilines is 1. The minimum Gasteiger partial charge on any atom is -0.488 e. The molecule has 0 aliphatic carbocycles. The van der Waals surface area contributed by atoms with Gasteiger partial charge in [0, 0.05) is 29.8 Å². The van der Waals surface area contributed by atoms with Gasteiger partial charge < -0.3 is 13.8 Å². The van der Waals surface area contributed by atoms with E-state index in [2.05, 4.69) is 52.7 Å². The van der Waals surface area contributed by atoms with Crippen molar-refractivity contribution in [2.75, 3.05) is 29.5 Å². The molecule has 0 saturated carbocycles. The molecule has 0 amide bonds. The Morgan fingerprint density at radius 2 is 1.27 bits per heavy atom. The molecule has 0 fully saturated rings. The molecule has 3 aromatic rings. The normalized spacial score (nSPS) is 12.7. The summed E-state index contributed by atoms with van der Waals surface area (Å²) in [6.07, 6.45) is 8.90. The van der Waals surface area contributed by atoms with Crippen molar-refractivity contribution in [2.45, 2.75) is 96.8 Å². The fourth-order valence-corrected chi connectivity index (χ4v) is 8.30. The van der Waals surface area contributed by atoms with E-state index in [0.717, 1.165) is 36.1 Å². The van der Waals surface area contributed by atoms with Gasteiger partial charge in [-0.3, -0.25) is 0 Å². The Kier molecular flexibility index (Phi) is 12.8. The van der Waals surface area contributed by atoms with Crippen LogP contribution in [-0.2, 0) is 25.4 Å². The van der Waals surface area contributed by atoms with Gasteiger partial charge in [0.2, 0.25) is 0 Å². The monoisotopic (exact) mass is 695 g/mol. The van der Waals surface area contributed by atoms with Crippen molar-refractivity contribution in [3.63, 3.8) is 0 Å². The molecule has 48 heavy (non-hydrogen) atoms. The Morgan fingerprint density at radius 1 is 0.729 bits per heavy atom. The maximum atomic E-state index is 13.2. The summed E-state index contributed by atoms with van der Waals surface area (Å²) >= 11 is 0. The zero-order valence-electron chi connectivity index (χ0n) is 29.9. The number of hydrogen-bond donors (Lipinski definition) is 0. The Morgan fingerprint density at radius 3 is 1.81 bits per heavy atom. The van der Waals surface area contributed by atoms with Gasteiger partial charge in [-0.1, -0.05) is 76.8 Å². The Labute approximate surface area is 290 Å². The molecule has 3 rings (SSSR count). The zero-order valence-corrected chi connectivity index (χ0v) is 31.5. The molecule has 0 spiro atoms. The predicted octanol–water partition coefficient (Wildman–Crippen LogP) is 8.16. The van der Waals surface area contributed by atoms with Gasteiger partial charge >= 0.3 is 10.1 Å². The highest BCUT2D eigenvalue weighted by Crippen LogP contribution is 2.34. The second-order valence-corrected chi connectivity index (χ2v) is 18.6. The molecule has 3 aromatic carbocycles. The third-order valence-electron chi connectivity index (χ3n) is 8.93. The van der Waals surface area contributed by atoms with Crippen LogP contribution in [0, 0.1) is 12.3 Å². The zero-order chi connectivity index (χ0) is 35.8. The van der Waals surface area contributed by atoms with Gasteiger partial charge in [0.1, 0.15) is 22.9 Å². The number of sulfone groups is 1. The molecular formula is C39H53NO6S2. The molecule has 0 bridgehead atoms. The second kappa shape index (κ2) is 15.8. The van der Waals surface area contributed by atoms with E-state index < -0.39 is 24.7 Å². The van der Waals surface area contributed by atoms with E-state index in [1.165, 1.54) is 0 Å². The standard InChI is InChI=1S/C39H53NO6S2/c1-10-24-37(4,5)45-35-20-16-32(17-21-35)39(8,9)33-18-22-36(23-19-33)46-48(43,44)29-27-40(34-15-13-14-31(12-3)30-34)26-28-47(41,42)38(6,7)25-11-2/h3,13-23,30H,10-11,24-29H2,1-2,4-9H3. The minimum atomic E-state index is -4.01. The number of nitrogens with zero attached hydrogens (tertiary/aromatic N) is 1. The first-order valence-electron chi connectivity index (χ1n) is 16.7. The topological polar surface area (TPSA) is 90.0 Å². The lowest BCUT2D eigenvalue weighted by molar-refractivity contribution is 0.0985. The van der Waals surface area contributed by atoms with Gasteiger partial charge in [-0.05, 0) is 94.1 Å². The molecule has 0 unspecified atom stereocenters. The van der Waals surface area contributed by atoms with Crippen molar-refractivity contribution in [1.82, 2.24) is 0 Å². The lowest BCUT2D eigenvalue weighted by atomic mass is 9.78. The Hall–Kier alpha value is -3.48. The molecule has 0 heterocycles. The van der Waals surface area contributed by atoms with Crippen molar-refractivity contribution < 1.29 is 25.8 Å². The van der Waals surface area contributed by atoms with Crippen molar-refractivity contribution in [3.05, 3.63) is 89.5 Å². The molecule has 0 atom stereocenters. The number of ether oxygens (including phenoxy) is 1. The first-order chi connectivity index (χ1) is 22.3. The van der Waals surface area contributed by atoms with Crippen LogP contribution < -0.4 is 13.8 Å². The second-order valence-electron chi connectivity index (χ2n) is 14.1. The van der Waals surface area contributed by atoms with E-state index in [0.29, 0.717) is 17.7 Å². The summed E-state index contributed by atoms with van der Waals surface area (Å²) in [5.74, 6) is 3.16. The van der Waals surface area contributed by atoms with Crippen molar-refractivity contribution in [1.29, 1.82) is 0 Å². The third kappa shape index (κ3) is 10.5. The number of terminal acetylenes is 1. The minimum absolute atomic E-state index is 0.0283. The molecule has 0 radical (unpaired) electrons. The summed E-state index contributed by atoms with van der Waals surface area (Å²) in [6, 6.07) is 22.3. The quantitative estimate of drug-likeness (QED) is 0.0980. The number of rotatable bonds is 18. The van der Waals surface area contributed by atoms with Gasteiger partial charge in [0.25, 0.3) is 0 Å². The number of benzene rings is 3. The van der Waals surface area contributed by atoms with Crippen molar-refractivity contribution in [2.24, 2.45) is 0 Å². The van der Waals surface area contributed by atoms with E-state index in [4.69, 9.17) is 15.3 Å². The van der Waals surface area contributed by atoms with E-state index in [9.17, 15) is 16.8 Å². The van der Waals surface area contributed by atoms with Crippen LogP contribution in [0.5, 0.6) is 11.5 Å². The maximum absolute atomic E-state index is 13.2. The Balaban J connectivity index is 1.72. The van der Waals surface area contributed by atoms with Gasteiger partial charge in [-0.15, -0.1) is 6.42 Å². The largest absolute Gasteiger partial charge is 0.488 e. The molecular weight excluding hydrogens is 643 g/mol. The van der Waals surface area contributed by atoms with Crippen LogP contribution in [0.15, 0.2) is 72.8 Å². The predicted molar refractivity (Wildman–Crippen MR) is 198 cm³/mol. The maximum Gasteiger partial charge on any atom is 0.310 e. The number of hydrogen-bond acceptors (Lipinski definition) is 7. The summed E-state index contributed by atoms with van der Waals surface area (Å²) in [5, 5.41) is 0. The highest BCUT2D eigenvalue weighted by molar-refractivity contribution is 7.92. The van der Waals surface area contributed by atoms with Crippen molar-refractivity contribution >= 4 is 25.6 Å².